The summed E-state index contributed by atoms with van der Waals surface area (Å²) in [6.45, 7) is 1.80. The lowest BCUT2D eigenvalue weighted by atomic mass is 9.98. The summed E-state index contributed by atoms with van der Waals surface area (Å²) in [6.07, 6.45) is 1.43. The first-order chi connectivity index (χ1) is 14.9. The molecule has 0 atom stereocenters. The van der Waals surface area contributed by atoms with Crippen LogP contribution in [0.15, 0.2) is 72.3 Å². The second-order valence-corrected chi connectivity index (χ2v) is 6.59. The number of ketones is 1. The number of nitrogens with zero attached hydrogens (tertiary/aromatic N) is 1. The normalized spacial score (nSPS) is 10.8. The van der Waals surface area contributed by atoms with Crippen molar-refractivity contribution in [2.75, 3.05) is 7.11 Å². The monoisotopic (exact) mass is 415 g/mol. The first-order valence-corrected chi connectivity index (χ1v) is 9.31. The molecule has 0 bridgehead atoms. The second-order valence-electron chi connectivity index (χ2n) is 6.59. The molecule has 0 N–H and O–H groups in total. The lowest BCUT2D eigenvalue weighted by Crippen LogP contribution is -2.11. The van der Waals surface area contributed by atoms with E-state index in [1.54, 1.807) is 31.2 Å². The zero-order valence-corrected chi connectivity index (χ0v) is 16.9. The fourth-order valence-corrected chi connectivity index (χ4v) is 2.93. The molecule has 0 saturated heterocycles. The van der Waals surface area contributed by atoms with Crippen molar-refractivity contribution in [3.63, 3.8) is 0 Å². The Hall–Kier alpha value is -4.24. The van der Waals surface area contributed by atoms with Gasteiger partial charge in [0.2, 0.25) is 5.78 Å². The van der Waals surface area contributed by atoms with Gasteiger partial charge in [0.1, 0.15) is 17.5 Å². The van der Waals surface area contributed by atoms with Crippen molar-refractivity contribution in [1.82, 2.24) is 0 Å². The minimum Gasteiger partial charge on any atom is -0.493 e. The summed E-state index contributed by atoms with van der Waals surface area (Å²) in [4.78, 5) is 25.0. The van der Waals surface area contributed by atoms with Gasteiger partial charge < -0.3 is 9.47 Å². The number of allylic oxidation sites excluding steroid dienone is 1. The Balaban J connectivity index is 1.89. The molecule has 0 radical (unpaired) electrons. The number of hydrogen-bond donors (Lipinski definition) is 0. The zero-order valence-electron chi connectivity index (χ0n) is 16.9. The van der Waals surface area contributed by atoms with Gasteiger partial charge in [0.05, 0.1) is 12.7 Å². The lowest BCUT2D eigenvalue weighted by molar-refractivity contribution is 0.0724. The number of benzene rings is 3. The number of methoxy groups -OCH3 is 1. The number of carbonyl (C=O) groups excluding carboxylic acids is 2. The predicted octanol–water partition coefficient (Wildman–Crippen LogP) is 5.15. The highest BCUT2D eigenvalue weighted by Gasteiger charge is 2.17. The van der Waals surface area contributed by atoms with E-state index in [9.17, 15) is 19.2 Å². The molecule has 3 aromatic rings. The lowest BCUT2D eigenvalue weighted by Gasteiger charge is -2.10. The molecular formula is C25H18FNO4. The fraction of sp³-hybridized carbons (Fsp3) is 0.0800. The maximum absolute atomic E-state index is 13.8. The number of nitriles is 1. The third kappa shape index (κ3) is 4.85. The molecule has 31 heavy (non-hydrogen) atoms. The van der Waals surface area contributed by atoms with E-state index in [0.29, 0.717) is 11.1 Å². The van der Waals surface area contributed by atoms with Gasteiger partial charge in [-0.15, -0.1) is 0 Å². The molecular weight excluding hydrogens is 397 g/mol. The fourth-order valence-electron chi connectivity index (χ4n) is 2.93. The highest BCUT2D eigenvalue weighted by atomic mass is 19.1. The van der Waals surface area contributed by atoms with Crippen LogP contribution in [0.25, 0.3) is 6.08 Å². The molecule has 0 fully saturated rings. The van der Waals surface area contributed by atoms with Crippen LogP contribution < -0.4 is 9.47 Å². The van der Waals surface area contributed by atoms with Gasteiger partial charge in [0.15, 0.2) is 11.5 Å². The molecule has 0 spiro atoms. The van der Waals surface area contributed by atoms with Crippen molar-refractivity contribution in [2.45, 2.75) is 6.92 Å². The predicted molar refractivity (Wildman–Crippen MR) is 113 cm³/mol. The van der Waals surface area contributed by atoms with E-state index in [4.69, 9.17) is 9.47 Å². The summed E-state index contributed by atoms with van der Waals surface area (Å²) in [6, 6.07) is 19.0. The first kappa shape index (κ1) is 21.5. The number of Topliss-reactive ketones (excluding diaryl/α,β-unsaturated/α-hetero) is 1. The van der Waals surface area contributed by atoms with Crippen LogP contribution in [0, 0.1) is 24.1 Å². The van der Waals surface area contributed by atoms with Gasteiger partial charge in [-0.1, -0.05) is 42.5 Å². The van der Waals surface area contributed by atoms with Crippen LogP contribution in [0.1, 0.15) is 31.8 Å². The number of ether oxygens (including phenoxy) is 2. The molecule has 0 aliphatic heterocycles. The summed E-state index contributed by atoms with van der Waals surface area (Å²) in [5.41, 5.74) is 1.46. The topological polar surface area (TPSA) is 76.4 Å². The van der Waals surface area contributed by atoms with Crippen molar-refractivity contribution in [1.29, 1.82) is 5.26 Å². The average Bonchev–Trinajstić information content (AvgIpc) is 2.78. The number of halogens is 1. The molecule has 0 aliphatic rings. The van der Waals surface area contributed by atoms with Gasteiger partial charge in [-0.2, -0.15) is 5.26 Å². The highest BCUT2D eigenvalue weighted by molar-refractivity contribution is 6.14. The molecule has 5 nitrogen and oxygen atoms in total. The molecule has 0 unspecified atom stereocenters. The zero-order chi connectivity index (χ0) is 22.4. The Labute approximate surface area is 179 Å². The second kappa shape index (κ2) is 9.51. The van der Waals surface area contributed by atoms with Crippen LogP contribution in [0.5, 0.6) is 11.5 Å². The van der Waals surface area contributed by atoms with Crippen molar-refractivity contribution in [2.24, 2.45) is 0 Å². The standard InChI is InChI=1S/C25H18FNO4/c1-16-7-3-4-8-19(16)24(28)18(15-27)13-17-11-12-22(23(14-17)30-2)31-25(29)20-9-5-6-10-21(20)26/h3-14H,1-2H3/b18-13+. The van der Waals surface area contributed by atoms with Crippen molar-refractivity contribution in [3.05, 3.63) is 100 Å². The maximum atomic E-state index is 13.8. The Morgan fingerprint density at radius 1 is 0.968 bits per heavy atom. The Morgan fingerprint density at radius 3 is 2.29 bits per heavy atom. The maximum Gasteiger partial charge on any atom is 0.346 e. The first-order valence-electron chi connectivity index (χ1n) is 9.31. The van der Waals surface area contributed by atoms with E-state index in [1.165, 1.54) is 43.5 Å². The highest BCUT2D eigenvalue weighted by Crippen LogP contribution is 2.30. The Kier molecular flexibility index (Phi) is 6.58. The number of hydrogen-bond acceptors (Lipinski definition) is 5. The minimum absolute atomic E-state index is 0.0487. The van der Waals surface area contributed by atoms with Crippen molar-refractivity contribution < 1.29 is 23.5 Å². The molecule has 3 rings (SSSR count). The third-order valence-electron chi connectivity index (χ3n) is 4.55. The Morgan fingerprint density at radius 2 is 1.65 bits per heavy atom. The summed E-state index contributed by atoms with van der Waals surface area (Å²) < 4.78 is 24.3. The average molecular weight is 415 g/mol. The molecule has 0 amide bonds. The van der Waals surface area contributed by atoms with E-state index in [-0.39, 0.29) is 22.6 Å². The van der Waals surface area contributed by atoms with Crippen LogP contribution in [-0.4, -0.2) is 18.9 Å². The minimum atomic E-state index is -0.868. The summed E-state index contributed by atoms with van der Waals surface area (Å²) in [5, 5.41) is 9.49. The number of rotatable bonds is 6. The SMILES string of the molecule is COc1cc(/C=C(\C#N)C(=O)c2ccccc2C)ccc1OC(=O)c1ccccc1F. The van der Waals surface area contributed by atoms with Crippen molar-refractivity contribution >= 4 is 17.8 Å². The van der Waals surface area contributed by atoms with E-state index in [2.05, 4.69) is 0 Å². The quantitative estimate of drug-likeness (QED) is 0.183. The molecule has 0 aromatic heterocycles. The van der Waals surface area contributed by atoms with Crippen LogP contribution >= 0.6 is 0 Å². The van der Waals surface area contributed by atoms with Gasteiger partial charge >= 0.3 is 5.97 Å². The smallest absolute Gasteiger partial charge is 0.346 e. The molecule has 3 aromatic carbocycles. The molecule has 0 aliphatic carbocycles. The van der Waals surface area contributed by atoms with Crippen LogP contribution in [0.4, 0.5) is 4.39 Å². The van der Waals surface area contributed by atoms with Gasteiger partial charge in [0.25, 0.3) is 0 Å². The molecule has 154 valence electrons. The molecule has 0 saturated carbocycles. The summed E-state index contributed by atoms with van der Waals surface area (Å²) in [7, 11) is 1.38. The molecule has 0 heterocycles. The van der Waals surface area contributed by atoms with Crippen molar-refractivity contribution in [3.8, 4) is 17.6 Å². The Bertz CT molecular complexity index is 1220. The van der Waals surface area contributed by atoms with E-state index in [0.717, 1.165) is 11.6 Å². The van der Waals surface area contributed by atoms with E-state index in [1.807, 2.05) is 12.1 Å². The van der Waals surface area contributed by atoms with Gasteiger partial charge in [-0.3, -0.25) is 4.79 Å². The summed E-state index contributed by atoms with van der Waals surface area (Å²) >= 11 is 0. The number of esters is 1. The van der Waals surface area contributed by atoms with Gasteiger partial charge in [0, 0.05) is 5.56 Å². The third-order valence-corrected chi connectivity index (χ3v) is 4.55. The van der Waals surface area contributed by atoms with Gasteiger partial charge in [-0.25, -0.2) is 9.18 Å². The molecule has 6 heteroatoms. The van der Waals surface area contributed by atoms with E-state index < -0.39 is 17.6 Å². The number of aryl methyl sites for hydroxylation is 1. The van der Waals surface area contributed by atoms with Gasteiger partial charge in [-0.05, 0) is 48.4 Å². The van der Waals surface area contributed by atoms with Crippen LogP contribution in [0.2, 0.25) is 0 Å². The summed E-state index contributed by atoms with van der Waals surface area (Å²) in [5.74, 6) is -1.68. The van der Waals surface area contributed by atoms with Crippen LogP contribution in [0.3, 0.4) is 0 Å². The van der Waals surface area contributed by atoms with Crippen LogP contribution in [-0.2, 0) is 0 Å². The van der Waals surface area contributed by atoms with E-state index >= 15 is 0 Å². The number of carbonyl (C=O) groups is 2. The largest absolute Gasteiger partial charge is 0.493 e.